The number of halogens is 4. The third kappa shape index (κ3) is 3.25. The summed E-state index contributed by atoms with van der Waals surface area (Å²) in [4.78, 5) is 11.2. The highest BCUT2D eigenvalue weighted by molar-refractivity contribution is 7.18. The molecule has 0 unspecified atom stereocenters. The largest absolute Gasteiger partial charge is 0.465 e. The minimum atomic E-state index is -4.15. The van der Waals surface area contributed by atoms with Gasteiger partial charge in [0.15, 0.2) is 0 Å². The van der Waals surface area contributed by atoms with Crippen LogP contribution in [-0.2, 0) is 4.74 Å². The fourth-order valence-corrected chi connectivity index (χ4v) is 1.92. The van der Waals surface area contributed by atoms with Crippen LogP contribution >= 0.6 is 11.3 Å². The first-order valence-electron chi connectivity index (χ1n) is 4.65. The predicted octanol–water partition coefficient (Wildman–Crippen LogP) is 2.43. The lowest BCUT2D eigenvalue weighted by Gasteiger charge is -2.15. The van der Waals surface area contributed by atoms with Gasteiger partial charge >= 0.3 is 18.3 Å². The van der Waals surface area contributed by atoms with Crippen LogP contribution in [0.2, 0.25) is 0 Å². The second-order valence-electron chi connectivity index (χ2n) is 3.30. The van der Waals surface area contributed by atoms with Crippen LogP contribution in [0.25, 0.3) is 0 Å². The monoisotopic (exact) mass is 286 g/mol. The molecule has 1 aromatic heterocycles. The fraction of sp³-hybridized carbons (Fsp3) is 0.444. The number of methoxy groups -OCH3 is 1. The van der Waals surface area contributed by atoms with E-state index in [1.54, 1.807) is 0 Å². The summed E-state index contributed by atoms with van der Waals surface area (Å²) in [7, 11) is 1.14. The lowest BCUT2D eigenvalue weighted by Crippen LogP contribution is -2.34. The molecule has 0 aliphatic rings. The molecule has 18 heavy (non-hydrogen) atoms. The van der Waals surface area contributed by atoms with E-state index in [4.69, 9.17) is 5.73 Å². The Morgan fingerprint density at radius 3 is 2.72 bits per heavy atom. The Morgan fingerprint density at radius 1 is 1.61 bits per heavy atom. The molecule has 1 rings (SSSR count). The number of hydrogen-bond donors (Lipinski definition) is 2. The third-order valence-electron chi connectivity index (χ3n) is 1.95. The number of nitrogens with one attached hydrogen (secondary N) is 1. The molecule has 0 aromatic carbocycles. The van der Waals surface area contributed by atoms with E-state index < -0.39 is 24.9 Å². The molecule has 0 fully saturated rings. The molecule has 0 radical (unpaired) electrons. The number of nitrogens with two attached hydrogens (primary N) is 1. The van der Waals surface area contributed by atoms with Crippen LogP contribution < -0.4 is 11.1 Å². The Morgan fingerprint density at radius 2 is 2.22 bits per heavy atom. The number of carbonyl (C=O) groups excluding carboxylic acids is 1. The first-order chi connectivity index (χ1) is 8.27. The van der Waals surface area contributed by atoms with E-state index in [9.17, 15) is 22.4 Å². The number of hydrogen-bond acceptors (Lipinski definition) is 5. The molecule has 1 aromatic rings. The molecular formula is C9H10F4N2O2S. The number of thiophene rings is 1. The highest BCUT2D eigenvalue weighted by Crippen LogP contribution is 2.31. The molecule has 0 aliphatic carbocycles. The van der Waals surface area contributed by atoms with Crippen molar-refractivity contribution in [1.29, 1.82) is 0 Å². The Balaban J connectivity index is 2.73. The van der Waals surface area contributed by atoms with Crippen molar-refractivity contribution in [3.8, 4) is 0 Å². The van der Waals surface area contributed by atoms with Crippen molar-refractivity contribution in [3.05, 3.63) is 10.9 Å². The number of carbonyl (C=O) groups is 1. The van der Waals surface area contributed by atoms with E-state index in [0.717, 1.165) is 18.4 Å². The summed E-state index contributed by atoms with van der Waals surface area (Å²) in [5, 5.41) is 2.20. The number of ether oxygens (including phenoxy) is 1. The van der Waals surface area contributed by atoms with Crippen molar-refractivity contribution in [2.75, 3.05) is 24.7 Å². The SMILES string of the molecule is COC(=O)c1sc(NCC(F)(F)C(F)F)cc1N. The molecule has 102 valence electrons. The number of anilines is 2. The summed E-state index contributed by atoms with van der Waals surface area (Å²) in [6, 6.07) is 1.21. The van der Waals surface area contributed by atoms with E-state index in [1.165, 1.54) is 6.07 Å². The normalized spacial score (nSPS) is 11.7. The Hall–Kier alpha value is -1.51. The molecule has 0 bridgehead atoms. The first-order valence-corrected chi connectivity index (χ1v) is 5.47. The van der Waals surface area contributed by atoms with Crippen molar-refractivity contribution >= 4 is 28.0 Å². The maximum atomic E-state index is 12.6. The summed E-state index contributed by atoms with van der Waals surface area (Å²) in [6.07, 6.45) is -3.76. The second kappa shape index (κ2) is 5.42. The quantitative estimate of drug-likeness (QED) is 0.644. The Bertz CT molecular complexity index is 436. The van der Waals surface area contributed by atoms with Crippen molar-refractivity contribution in [3.63, 3.8) is 0 Å². The van der Waals surface area contributed by atoms with Gasteiger partial charge in [-0.2, -0.15) is 8.78 Å². The van der Waals surface area contributed by atoms with Crippen LogP contribution in [0.5, 0.6) is 0 Å². The van der Waals surface area contributed by atoms with Gasteiger partial charge in [0.05, 0.1) is 24.3 Å². The van der Waals surface area contributed by atoms with Crippen LogP contribution in [0.15, 0.2) is 6.07 Å². The van der Waals surface area contributed by atoms with Gasteiger partial charge in [-0.05, 0) is 6.07 Å². The van der Waals surface area contributed by atoms with Crippen LogP contribution in [0.1, 0.15) is 9.67 Å². The summed E-state index contributed by atoms with van der Waals surface area (Å²) in [5.74, 6) is -4.87. The van der Waals surface area contributed by atoms with Gasteiger partial charge in [0.1, 0.15) is 4.88 Å². The maximum Gasteiger partial charge on any atom is 0.350 e. The highest BCUT2D eigenvalue weighted by Gasteiger charge is 2.40. The number of esters is 1. The molecule has 3 N–H and O–H groups in total. The lowest BCUT2D eigenvalue weighted by atomic mass is 10.3. The average molecular weight is 286 g/mol. The summed E-state index contributed by atoms with van der Waals surface area (Å²) >= 11 is 0.756. The van der Waals surface area contributed by atoms with Gasteiger partial charge in [-0.25, -0.2) is 13.6 Å². The second-order valence-corrected chi connectivity index (χ2v) is 4.35. The van der Waals surface area contributed by atoms with Gasteiger partial charge in [0, 0.05) is 0 Å². The predicted molar refractivity (Wildman–Crippen MR) is 59.5 cm³/mol. The van der Waals surface area contributed by atoms with Gasteiger partial charge in [-0.3, -0.25) is 0 Å². The van der Waals surface area contributed by atoms with Crippen LogP contribution in [0.3, 0.4) is 0 Å². The van der Waals surface area contributed by atoms with Gasteiger partial charge in [0.25, 0.3) is 0 Å². The van der Waals surface area contributed by atoms with Gasteiger partial charge in [0.2, 0.25) is 0 Å². The topological polar surface area (TPSA) is 64.3 Å². The number of alkyl halides is 4. The zero-order chi connectivity index (χ0) is 13.9. The Labute approximate surface area is 104 Å². The highest BCUT2D eigenvalue weighted by atomic mass is 32.1. The van der Waals surface area contributed by atoms with E-state index in [1.807, 2.05) is 0 Å². The lowest BCUT2D eigenvalue weighted by molar-refractivity contribution is -0.117. The molecule has 0 atom stereocenters. The maximum absolute atomic E-state index is 12.6. The molecule has 9 heteroatoms. The van der Waals surface area contributed by atoms with E-state index in [0.29, 0.717) is 0 Å². The molecule has 0 aliphatic heterocycles. The van der Waals surface area contributed by atoms with Crippen molar-refractivity contribution in [2.24, 2.45) is 0 Å². The van der Waals surface area contributed by atoms with Crippen molar-refractivity contribution < 1.29 is 27.1 Å². The van der Waals surface area contributed by atoms with Crippen LogP contribution in [0.4, 0.5) is 28.3 Å². The molecule has 0 amide bonds. The van der Waals surface area contributed by atoms with E-state index >= 15 is 0 Å². The Kier molecular flexibility index (Phi) is 4.38. The van der Waals surface area contributed by atoms with Gasteiger partial charge in [-0.15, -0.1) is 11.3 Å². The molecule has 1 heterocycles. The van der Waals surface area contributed by atoms with Crippen molar-refractivity contribution in [1.82, 2.24) is 0 Å². The minimum Gasteiger partial charge on any atom is -0.465 e. The van der Waals surface area contributed by atoms with Crippen LogP contribution in [0, 0.1) is 0 Å². The summed E-state index contributed by atoms with van der Waals surface area (Å²) in [5.41, 5.74) is 5.49. The molecule has 0 saturated heterocycles. The van der Waals surface area contributed by atoms with E-state index in [2.05, 4.69) is 10.1 Å². The third-order valence-corrected chi connectivity index (χ3v) is 3.04. The van der Waals surface area contributed by atoms with Gasteiger partial charge in [-0.1, -0.05) is 0 Å². The first kappa shape index (κ1) is 14.6. The zero-order valence-corrected chi connectivity index (χ0v) is 9.99. The van der Waals surface area contributed by atoms with Crippen LogP contribution in [-0.4, -0.2) is 32.0 Å². The average Bonchev–Trinajstić information content (AvgIpc) is 2.67. The zero-order valence-electron chi connectivity index (χ0n) is 9.18. The van der Waals surface area contributed by atoms with Gasteiger partial charge < -0.3 is 15.8 Å². The number of rotatable bonds is 5. The molecular weight excluding hydrogens is 276 g/mol. The summed E-state index contributed by atoms with van der Waals surface area (Å²) in [6.45, 7) is -1.24. The molecule has 0 spiro atoms. The smallest absolute Gasteiger partial charge is 0.350 e. The minimum absolute atomic E-state index is 0.0281. The standard InChI is InChI=1S/C9H10F4N2O2S/c1-17-7(16)6-4(14)2-5(18-6)15-3-9(12,13)8(10)11/h2,8,15H,3,14H2,1H3. The fourth-order valence-electron chi connectivity index (χ4n) is 1.03. The molecule has 0 saturated carbocycles. The van der Waals surface area contributed by atoms with E-state index in [-0.39, 0.29) is 15.6 Å². The molecule has 4 nitrogen and oxygen atoms in total. The number of nitrogen functional groups attached to an aromatic ring is 1. The van der Waals surface area contributed by atoms with Crippen molar-refractivity contribution in [2.45, 2.75) is 12.3 Å². The summed E-state index contributed by atoms with van der Waals surface area (Å²) < 4.78 is 53.5.